The Morgan fingerprint density at radius 3 is 2.50 bits per heavy atom. The maximum Gasteiger partial charge on any atom is 0.338 e. The highest BCUT2D eigenvalue weighted by atomic mass is 16.5. The lowest BCUT2D eigenvalue weighted by Crippen LogP contribution is -2.12. The Kier molecular flexibility index (Phi) is 6.14. The fourth-order valence-electron chi connectivity index (χ4n) is 2.97. The predicted octanol–water partition coefficient (Wildman–Crippen LogP) is 5.51. The van der Waals surface area contributed by atoms with Gasteiger partial charge in [-0.1, -0.05) is 26.3 Å². The van der Waals surface area contributed by atoms with Crippen molar-refractivity contribution in [1.29, 1.82) is 0 Å². The molecule has 146 valence electrons. The smallest absolute Gasteiger partial charge is 0.338 e. The molecule has 1 aromatic heterocycles. The molecule has 28 heavy (non-hydrogen) atoms. The van der Waals surface area contributed by atoms with Crippen molar-refractivity contribution in [3.63, 3.8) is 0 Å². The number of aryl methyl sites for hydroxylation is 2. The number of furan rings is 1. The molecule has 0 bridgehead atoms. The van der Waals surface area contributed by atoms with Gasteiger partial charge in [-0.3, -0.25) is 4.79 Å². The third-order valence-electron chi connectivity index (χ3n) is 4.72. The largest absolute Gasteiger partial charge is 0.462 e. The van der Waals surface area contributed by atoms with Crippen LogP contribution in [0.2, 0.25) is 0 Å². The predicted molar refractivity (Wildman–Crippen MR) is 110 cm³/mol. The van der Waals surface area contributed by atoms with Gasteiger partial charge in [-0.15, -0.1) is 0 Å². The highest BCUT2D eigenvalue weighted by Gasteiger charge is 2.18. The number of esters is 1. The molecule has 5 heteroatoms. The van der Waals surface area contributed by atoms with Gasteiger partial charge in [0.2, 0.25) is 0 Å². The highest BCUT2D eigenvalue weighted by Crippen LogP contribution is 2.27. The Hall–Kier alpha value is -3.08. The minimum Gasteiger partial charge on any atom is -0.462 e. The summed E-state index contributed by atoms with van der Waals surface area (Å²) in [5, 5.41) is 3.78. The molecule has 3 rings (SSSR count). The van der Waals surface area contributed by atoms with Crippen molar-refractivity contribution in [2.24, 2.45) is 0 Å². The first-order chi connectivity index (χ1) is 13.5. The Morgan fingerprint density at radius 2 is 1.82 bits per heavy atom. The van der Waals surface area contributed by atoms with Gasteiger partial charge in [0.25, 0.3) is 5.91 Å². The average molecular weight is 379 g/mol. The van der Waals surface area contributed by atoms with Crippen molar-refractivity contribution in [1.82, 2.24) is 0 Å². The minimum atomic E-state index is -0.355. The molecule has 0 aliphatic carbocycles. The summed E-state index contributed by atoms with van der Waals surface area (Å²) in [4.78, 5) is 24.6. The topological polar surface area (TPSA) is 68.5 Å². The standard InChI is InChI=1S/C23H25NO4/c1-4-6-13-27-23(26)17-8-10-18(11-9-17)24-22(25)21-15(3)19-14-16(5-2)7-12-20(19)28-21/h7-12,14H,4-6,13H2,1-3H3,(H,24,25). The summed E-state index contributed by atoms with van der Waals surface area (Å²) >= 11 is 0. The summed E-state index contributed by atoms with van der Waals surface area (Å²) in [5.41, 5.74) is 3.76. The van der Waals surface area contributed by atoms with Crippen LogP contribution in [0.15, 0.2) is 46.9 Å². The van der Waals surface area contributed by atoms with Crippen LogP contribution >= 0.6 is 0 Å². The monoisotopic (exact) mass is 379 g/mol. The molecule has 0 atom stereocenters. The molecule has 0 saturated carbocycles. The number of benzene rings is 2. The van der Waals surface area contributed by atoms with Gasteiger partial charge in [0.1, 0.15) is 5.58 Å². The Balaban J connectivity index is 1.72. The van der Waals surface area contributed by atoms with E-state index >= 15 is 0 Å². The summed E-state index contributed by atoms with van der Waals surface area (Å²) < 4.78 is 10.9. The first kappa shape index (κ1) is 19.7. The van der Waals surface area contributed by atoms with E-state index in [2.05, 4.69) is 18.3 Å². The van der Waals surface area contributed by atoms with Gasteiger partial charge in [-0.25, -0.2) is 4.79 Å². The summed E-state index contributed by atoms with van der Waals surface area (Å²) in [5.74, 6) is -0.373. The zero-order chi connectivity index (χ0) is 20.1. The Bertz CT molecular complexity index is 986. The first-order valence-corrected chi connectivity index (χ1v) is 9.64. The van der Waals surface area contributed by atoms with E-state index in [4.69, 9.17) is 9.15 Å². The van der Waals surface area contributed by atoms with Crippen molar-refractivity contribution in [3.8, 4) is 0 Å². The molecule has 5 nitrogen and oxygen atoms in total. The number of fused-ring (bicyclic) bond motifs is 1. The van der Waals surface area contributed by atoms with E-state index < -0.39 is 0 Å². The lowest BCUT2D eigenvalue weighted by Gasteiger charge is -2.06. The summed E-state index contributed by atoms with van der Waals surface area (Å²) in [7, 11) is 0. The van der Waals surface area contributed by atoms with Crippen LogP contribution in [0.5, 0.6) is 0 Å². The molecular formula is C23H25NO4. The van der Waals surface area contributed by atoms with E-state index in [-0.39, 0.29) is 11.9 Å². The quantitative estimate of drug-likeness (QED) is 0.434. The fourth-order valence-corrected chi connectivity index (χ4v) is 2.97. The highest BCUT2D eigenvalue weighted by molar-refractivity contribution is 6.06. The summed E-state index contributed by atoms with van der Waals surface area (Å²) in [6.45, 7) is 6.43. The molecular weight excluding hydrogens is 354 g/mol. The molecule has 0 radical (unpaired) electrons. The van der Waals surface area contributed by atoms with Crippen LogP contribution in [0.1, 0.15) is 58.7 Å². The first-order valence-electron chi connectivity index (χ1n) is 9.64. The minimum absolute atomic E-state index is 0.298. The SMILES string of the molecule is CCCCOC(=O)c1ccc(NC(=O)c2oc3ccc(CC)cc3c2C)cc1. The number of amides is 1. The van der Waals surface area contributed by atoms with Crippen molar-refractivity contribution in [2.75, 3.05) is 11.9 Å². The molecule has 1 amide bonds. The molecule has 0 spiro atoms. The summed E-state index contributed by atoms with van der Waals surface area (Å²) in [6.07, 6.45) is 2.74. The van der Waals surface area contributed by atoms with Crippen LogP contribution in [-0.2, 0) is 11.2 Å². The van der Waals surface area contributed by atoms with E-state index in [9.17, 15) is 9.59 Å². The van der Waals surface area contributed by atoms with Gasteiger partial charge in [0.15, 0.2) is 5.76 Å². The van der Waals surface area contributed by atoms with Crippen LogP contribution < -0.4 is 5.32 Å². The number of hydrogen-bond acceptors (Lipinski definition) is 4. The zero-order valence-electron chi connectivity index (χ0n) is 16.5. The number of rotatable bonds is 7. The number of ether oxygens (including phenoxy) is 1. The third kappa shape index (κ3) is 4.25. The molecule has 2 aromatic carbocycles. The van der Waals surface area contributed by atoms with E-state index in [0.29, 0.717) is 29.2 Å². The van der Waals surface area contributed by atoms with Gasteiger partial charge < -0.3 is 14.5 Å². The second-order valence-electron chi connectivity index (χ2n) is 6.76. The number of unbranched alkanes of at least 4 members (excludes halogenated alkanes) is 1. The summed E-state index contributed by atoms with van der Waals surface area (Å²) in [6, 6.07) is 12.6. The maximum absolute atomic E-state index is 12.7. The van der Waals surface area contributed by atoms with Crippen molar-refractivity contribution in [2.45, 2.75) is 40.0 Å². The molecule has 1 heterocycles. The van der Waals surface area contributed by atoms with Gasteiger partial charge in [0.05, 0.1) is 12.2 Å². The van der Waals surface area contributed by atoms with Crippen LogP contribution in [0.4, 0.5) is 5.69 Å². The number of carbonyl (C=O) groups is 2. The van der Waals surface area contributed by atoms with Gasteiger partial charge in [-0.2, -0.15) is 0 Å². The Labute approximate surface area is 164 Å². The van der Waals surface area contributed by atoms with Crippen molar-refractivity contribution < 1.29 is 18.7 Å². The molecule has 1 N–H and O–H groups in total. The molecule has 0 aliphatic rings. The van der Waals surface area contributed by atoms with Crippen LogP contribution in [0.25, 0.3) is 11.0 Å². The molecule has 3 aromatic rings. The zero-order valence-corrected chi connectivity index (χ0v) is 16.5. The van der Waals surface area contributed by atoms with Gasteiger partial charge >= 0.3 is 5.97 Å². The maximum atomic E-state index is 12.7. The number of hydrogen-bond donors (Lipinski definition) is 1. The van der Waals surface area contributed by atoms with Crippen LogP contribution in [0.3, 0.4) is 0 Å². The van der Waals surface area contributed by atoms with Crippen LogP contribution in [0, 0.1) is 6.92 Å². The lowest BCUT2D eigenvalue weighted by atomic mass is 10.1. The number of carbonyl (C=O) groups excluding carboxylic acids is 2. The molecule has 0 saturated heterocycles. The average Bonchev–Trinajstić information content (AvgIpc) is 3.04. The van der Waals surface area contributed by atoms with E-state index in [1.807, 2.05) is 26.0 Å². The van der Waals surface area contributed by atoms with E-state index in [0.717, 1.165) is 30.2 Å². The fraction of sp³-hybridized carbons (Fsp3) is 0.304. The molecule has 0 unspecified atom stereocenters. The van der Waals surface area contributed by atoms with Crippen LogP contribution in [-0.4, -0.2) is 18.5 Å². The van der Waals surface area contributed by atoms with Gasteiger partial charge in [0, 0.05) is 16.6 Å². The second-order valence-corrected chi connectivity index (χ2v) is 6.76. The van der Waals surface area contributed by atoms with Crippen molar-refractivity contribution in [3.05, 3.63) is 64.9 Å². The molecule has 0 fully saturated rings. The van der Waals surface area contributed by atoms with Crippen molar-refractivity contribution >= 4 is 28.5 Å². The van der Waals surface area contributed by atoms with E-state index in [1.165, 1.54) is 5.56 Å². The number of anilines is 1. The Morgan fingerprint density at radius 1 is 1.07 bits per heavy atom. The third-order valence-corrected chi connectivity index (χ3v) is 4.72. The van der Waals surface area contributed by atoms with E-state index in [1.54, 1.807) is 24.3 Å². The van der Waals surface area contributed by atoms with Gasteiger partial charge in [-0.05, 0) is 61.7 Å². The second kappa shape index (κ2) is 8.74. The normalized spacial score (nSPS) is 10.8. The number of nitrogens with one attached hydrogen (secondary N) is 1. The molecule has 0 aliphatic heterocycles. The lowest BCUT2D eigenvalue weighted by molar-refractivity contribution is 0.0499.